The van der Waals surface area contributed by atoms with E-state index in [1.54, 1.807) is 0 Å². The van der Waals surface area contributed by atoms with Gasteiger partial charge in [-0.1, -0.05) is 13.8 Å². The average Bonchev–Trinajstić information content (AvgIpc) is 2.31. The van der Waals surface area contributed by atoms with E-state index < -0.39 is 0 Å². The first-order valence-corrected chi connectivity index (χ1v) is 5.55. The number of hydrogen-bond acceptors (Lipinski definition) is 3. The number of nitrogens with one attached hydrogen (secondary N) is 1. The third-order valence-corrected chi connectivity index (χ3v) is 2.84. The van der Waals surface area contributed by atoms with Gasteiger partial charge in [0.25, 0.3) is 0 Å². The van der Waals surface area contributed by atoms with Crippen molar-refractivity contribution >= 4 is 11.3 Å². The SMILES string of the molecule is CNCc1sc(C)nc1CC(C)C. The summed E-state index contributed by atoms with van der Waals surface area (Å²) >= 11 is 1.81. The molecule has 0 aliphatic rings. The Bertz CT molecular complexity index is 266. The second-order valence-corrected chi connectivity index (χ2v) is 5.02. The molecule has 13 heavy (non-hydrogen) atoms. The van der Waals surface area contributed by atoms with E-state index >= 15 is 0 Å². The molecule has 0 saturated heterocycles. The molecule has 0 atom stereocenters. The quantitative estimate of drug-likeness (QED) is 0.803. The fourth-order valence-corrected chi connectivity index (χ4v) is 2.33. The Morgan fingerprint density at radius 1 is 1.46 bits per heavy atom. The van der Waals surface area contributed by atoms with Crippen LogP contribution in [0.4, 0.5) is 0 Å². The van der Waals surface area contributed by atoms with Crippen LogP contribution in [-0.4, -0.2) is 12.0 Å². The highest BCUT2D eigenvalue weighted by molar-refractivity contribution is 7.11. The molecule has 74 valence electrons. The summed E-state index contributed by atoms with van der Waals surface area (Å²) in [6, 6.07) is 0. The molecule has 1 aromatic heterocycles. The van der Waals surface area contributed by atoms with Crippen molar-refractivity contribution in [2.75, 3.05) is 7.05 Å². The molecule has 0 aliphatic carbocycles. The molecule has 0 saturated carbocycles. The molecule has 0 bridgehead atoms. The molecule has 0 radical (unpaired) electrons. The van der Waals surface area contributed by atoms with Crippen molar-refractivity contribution in [2.24, 2.45) is 5.92 Å². The molecule has 1 rings (SSSR count). The molecular weight excluding hydrogens is 180 g/mol. The maximum absolute atomic E-state index is 4.55. The van der Waals surface area contributed by atoms with E-state index in [4.69, 9.17) is 0 Å². The zero-order valence-electron chi connectivity index (χ0n) is 8.85. The zero-order valence-corrected chi connectivity index (χ0v) is 9.66. The topological polar surface area (TPSA) is 24.9 Å². The van der Waals surface area contributed by atoms with Crippen molar-refractivity contribution in [3.05, 3.63) is 15.6 Å². The Morgan fingerprint density at radius 3 is 2.69 bits per heavy atom. The number of hydrogen-bond donors (Lipinski definition) is 1. The van der Waals surface area contributed by atoms with Crippen LogP contribution in [0.5, 0.6) is 0 Å². The number of aryl methyl sites for hydroxylation is 1. The molecule has 1 N–H and O–H groups in total. The van der Waals surface area contributed by atoms with Crippen LogP contribution in [0.2, 0.25) is 0 Å². The molecule has 0 spiro atoms. The predicted molar refractivity (Wildman–Crippen MR) is 58.2 cm³/mol. The maximum Gasteiger partial charge on any atom is 0.0900 e. The smallest absolute Gasteiger partial charge is 0.0900 e. The lowest BCUT2D eigenvalue weighted by molar-refractivity contribution is 0.630. The van der Waals surface area contributed by atoms with Crippen molar-refractivity contribution < 1.29 is 0 Å². The third-order valence-electron chi connectivity index (χ3n) is 1.82. The number of rotatable bonds is 4. The molecule has 2 nitrogen and oxygen atoms in total. The molecule has 0 unspecified atom stereocenters. The van der Waals surface area contributed by atoms with Crippen LogP contribution in [0.1, 0.15) is 29.4 Å². The first kappa shape index (κ1) is 10.7. The lowest BCUT2D eigenvalue weighted by Gasteiger charge is -2.03. The number of nitrogens with zero attached hydrogens (tertiary/aromatic N) is 1. The van der Waals surface area contributed by atoms with Crippen LogP contribution in [0, 0.1) is 12.8 Å². The highest BCUT2D eigenvalue weighted by Crippen LogP contribution is 2.20. The molecule has 1 aromatic rings. The van der Waals surface area contributed by atoms with E-state index in [2.05, 4.69) is 31.1 Å². The molecule has 3 heteroatoms. The van der Waals surface area contributed by atoms with Crippen LogP contribution in [0.25, 0.3) is 0 Å². The number of thiazole rings is 1. The Labute approximate surface area is 84.4 Å². The minimum atomic E-state index is 0.692. The molecule has 0 fully saturated rings. The van der Waals surface area contributed by atoms with Crippen LogP contribution in [-0.2, 0) is 13.0 Å². The normalized spacial score (nSPS) is 11.2. The van der Waals surface area contributed by atoms with Gasteiger partial charge < -0.3 is 5.32 Å². The molecular formula is C10H18N2S. The Kier molecular flexibility index (Phi) is 3.88. The van der Waals surface area contributed by atoms with Gasteiger partial charge >= 0.3 is 0 Å². The van der Waals surface area contributed by atoms with Gasteiger partial charge in [-0.3, -0.25) is 0 Å². The maximum atomic E-state index is 4.55. The summed E-state index contributed by atoms with van der Waals surface area (Å²) in [6.07, 6.45) is 1.10. The Hall–Kier alpha value is -0.410. The third kappa shape index (κ3) is 3.08. The second kappa shape index (κ2) is 4.72. The van der Waals surface area contributed by atoms with E-state index in [1.165, 1.54) is 15.6 Å². The first-order valence-electron chi connectivity index (χ1n) is 4.73. The largest absolute Gasteiger partial charge is 0.315 e. The van der Waals surface area contributed by atoms with Crippen molar-refractivity contribution in [3.8, 4) is 0 Å². The highest BCUT2D eigenvalue weighted by atomic mass is 32.1. The van der Waals surface area contributed by atoms with Crippen molar-refractivity contribution in [1.82, 2.24) is 10.3 Å². The molecule has 0 amide bonds. The summed E-state index contributed by atoms with van der Waals surface area (Å²) in [5.41, 5.74) is 1.28. The van der Waals surface area contributed by atoms with Gasteiger partial charge in [0.2, 0.25) is 0 Å². The highest BCUT2D eigenvalue weighted by Gasteiger charge is 2.09. The monoisotopic (exact) mass is 198 g/mol. The summed E-state index contributed by atoms with van der Waals surface area (Å²) in [5.74, 6) is 0.692. The van der Waals surface area contributed by atoms with Crippen LogP contribution < -0.4 is 5.32 Å². The fraction of sp³-hybridized carbons (Fsp3) is 0.700. The number of aromatic nitrogens is 1. The van der Waals surface area contributed by atoms with Crippen molar-refractivity contribution in [3.63, 3.8) is 0 Å². The minimum Gasteiger partial charge on any atom is -0.315 e. The van der Waals surface area contributed by atoms with Gasteiger partial charge in [0, 0.05) is 11.4 Å². The van der Waals surface area contributed by atoms with Crippen molar-refractivity contribution in [1.29, 1.82) is 0 Å². The van der Waals surface area contributed by atoms with Gasteiger partial charge in [-0.15, -0.1) is 11.3 Å². The summed E-state index contributed by atoms with van der Waals surface area (Å²) < 4.78 is 0. The van der Waals surface area contributed by atoms with Crippen LogP contribution in [0.3, 0.4) is 0 Å². The standard InChI is InChI=1S/C10H18N2S/c1-7(2)5-9-10(6-11-4)13-8(3)12-9/h7,11H,5-6H2,1-4H3. The van der Waals surface area contributed by atoms with E-state index in [1.807, 2.05) is 18.4 Å². The lowest BCUT2D eigenvalue weighted by Crippen LogP contribution is -2.07. The van der Waals surface area contributed by atoms with Gasteiger partial charge in [0.1, 0.15) is 0 Å². The van der Waals surface area contributed by atoms with Gasteiger partial charge in [-0.05, 0) is 26.3 Å². The molecule has 1 heterocycles. The molecule has 0 aliphatic heterocycles. The lowest BCUT2D eigenvalue weighted by atomic mass is 10.1. The van der Waals surface area contributed by atoms with Gasteiger partial charge in [-0.2, -0.15) is 0 Å². The van der Waals surface area contributed by atoms with Gasteiger partial charge in [0.15, 0.2) is 0 Å². The first-order chi connectivity index (χ1) is 6.13. The van der Waals surface area contributed by atoms with E-state index in [-0.39, 0.29) is 0 Å². The predicted octanol–water partition coefficient (Wildman–Crippen LogP) is 2.37. The van der Waals surface area contributed by atoms with Crippen molar-refractivity contribution in [2.45, 2.75) is 33.7 Å². The summed E-state index contributed by atoms with van der Waals surface area (Å²) in [5, 5.41) is 4.36. The summed E-state index contributed by atoms with van der Waals surface area (Å²) in [4.78, 5) is 5.94. The zero-order chi connectivity index (χ0) is 9.84. The minimum absolute atomic E-state index is 0.692. The van der Waals surface area contributed by atoms with Gasteiger partial charge in [0.05, 0.1) is 10.7 Å². The Morgan fingerprint density at radius 2 is 2.15 bits per heavy atom. The van der Waals surface area contributed by atoms with E-state index in [9.17, 15) is 0 Å². The summed E-state index contributed by atoms with van der Waals surface area (Å²) in [7, 11) is 1.98. The van der Waals surface area contributed by atoms with Crippen LogP contribution in [0.15, 0.2) is 0 Å². The van der Waals surface area contributed by atoms with E-state index in [0.717, 1.165) is 13.0 Å². The van der Waals surface area contributed by atoms with Gasteiger partial charge in [-0.25, -0.2) is 4.98 Å². The Balaban J connectivity index is 2.77. The fourth-order valence-electron chi connectivity index (χ4n) is 1.36. The van der Waals surface area contributed by atoms with Crippen LogP contribution >= 0.6 is 11.3 Å². The molecule has 0 aromatic carbocycles. The summed E-state index contributed by atoms with van der Waals surface area (Å²) in [6.45, 7) is 7.50. The second-order valence-electron chi connectivity index (χ2n) is 3.73. The average molecular weight is 198 g/mol. The van der Waals surface area contributed by atoms with E-state index in [0.29, 0.717) is 5.92 Å².